The first-order chi connectivity index (χ1) is 6.43. The number of amidine groups is 1. The number of nitrogens with two attached hydrogens (primary N) is 1. The standard InChI is InChI=1S/C6H8N4.C2H4O2/c1-4-2-3-5(6(7)8)10-9-4;1-2(3)4/h2-3H,1H3,(H3,7,8);1H3,(H,3,4). The third kappa shape index (κ3) is 5.64. The summed E-state index contributed by atoms with van der Waals surface area (Å²) in [4.78, 5) is 9.00. The molecule has 1 rings (SSSR count). The zero-order valence-corrected chi connectivity index (χ0v) is 7.98. The second-order valence-electron chi connectivity index (χ2n) is 2.49. The maximum atomic E-state index is 9.00. The number of carboxylic acids is 1. The van der Waals surface area contributed by atoms with Gasteiger partial charge in [-0.1, -0.05) is 0 Å². The Hall–Kier alpha value is -1.98. The SMILES string of the molecule is CC(=O)O.Cc1ccc(C(=N)N)nn1. The molecule has 0 amide bonds. The van der Waals surface area contributed by atoms with E-state index in [-0.39, 0.29) is 5.84 Å². The fourth-order valence-electron chi connectivity index (χ4n) is 0.543. The van der Waals surface area contributed by atoms with Gasteiger partial charge in [0.25, 0.3) is 5.97 Å². The van der Waals surface area contributed by atoms with Gasteiger partial charge in [-0.15, -0.1) is 5.10 Å². The summed E-state index contributed by atoms with van der Waals surface area (Å²) in [6, 6.07) is 3.44. The number of aliphatic carboxylic acids is 1. The van der Waals surface area contributed by atoms with Crippen molar-refractivity contribution in [1.82, 2.24) is 10.2 Å². The van der Waals surface area contributed by atoms with Crippen molar-refractivity contribution >= 4 is 11.8 Å². The monoisotopic (exact) mass is 196 g/mol. The summed E-state index contributed by atoms with van der Waals surface area (Å²) < 4.78 is 0. The lowest BCUT2D eigenvalue weighted by Gasteiger charge is -1.93. The van der Waals surface area contributed by atoms with E-state index >= 15 is 0 Å². The van der Waals surface area contributed by atoms with Crippen LogP contribution in [0.3, 0.4) is 0 Å². The summed E-state index contributed by atoms with van der Waals surface area (Å²) in [5, 5.41) is 21.8. The zero-order chi connectivity index (χ0) is 11.1. The number of nitrogen functional groups attached to an aromatic ring is 1. The van der Waals surface area contributed by atoms with Gasteiger partial charge in [0.2, 0.25) is 0 Å². The normalized spacial score (nSPS) is 8.43. The van der Waals surface area contributed by atoms with Crippen molar-refractivity contribution < 1.29 is 9.90 Å². The zero-order valence-electron chi connectivity index (χ0n) is 7.98. The third-order valence-electron chi connectivity index (χ3n) is 1.07. The highest BCUT2D eigenvalue weighted by atomic mass is 16.4. The lowest BCUT2D eigenvalue weighted by molar-refractivity contribution is -0.134. The van der Waals surface area contributed by atoms with Crippen LogP contribution >= 0.6 is 0 Å². The van der Waals surface area contributed by atoms with E-state index in [0.29, 0.717) is 5.69 Å². The Kier molecular flexibility index (Phi) is 4.83. The van der Waals surface area contributed by atoms with Gasteiger partial charge in [0.05, 0.1) is 5.69 Å². The van der Waals surface area contributed by atoms with Crippen LogP contribution in [0.2, 0.25) is 0 Å². The Labute approximate surface area is 81.3 Å². The van der Waals surface area contributed by atoms with Crippen molar-refractivity contribution in [2.24, 2.45) is 5.73 Å². The van der Waals surface area contributed by atoms with Gasteiger partial charge in [-0.05, 0) is 19.1 Å². The average molecular weight is 196 g/mol. The minimum atomic E-state index is -0.833. The molecule has 0 unspecified atom stereocenters. The van der Waals surface area contributed by atoms with Crippen molar-refractivity contribution in [2.75, 3.05) is 0 Å². The molecule has 0 aliphatic heterocycles. The molecule has 0 aliphatic carbocycles. The van der Waals surface area contributed by atoms with Crippen LogP contribution in [-0.4, -0.2) is 27.1 Å². The first-order valence-corrected chi connectivity index (χ1v) is 3.77. The highest BCUT2D eigenvalue weighted by Crippen LogP contribution is 1.92. The Balaban J connectivity index is 0.000000364. The predicted molar refractivity (Wildman–Crippen MR) is 51.1 cm³/mol. The third-order valence-corrected chi connectivity index (χ3v) is 1.07. The highest BCUT2D eigenvalue weighted by Gasteiger charge is 1.95. The Morgan fingerprint density at radius 1 is 1.50 bits per heavy atom. The Morgan fingerprint density at radius 2 is 2.00 bits per heavy atom. The number of nitrogens with zero attached hydrogens (tertiary/aromatic N) is 2. The van der Waals surface area contributed by atoms with Crippen LogP contribution in [0.4, 0.5) is 0 Å². The Bertz CT molecular complexity index is 317. The molecule has 6 heteroatoms. The molecule has 6 nitrogen and oxygen atoms in total. The summed E-state index contributed by atoms with van der Waals surface area (Å²) in [5.74, 6) is -0.882. The molecule has 1 aromatic heterocycles. The van der Waals surface area contributed by atoms with E-state index in [1.54, 1.807) is 12.1 Å². The van der Waals surface area contributed by atoms with Crippen molar-refractivity contribution in [3.63, 3.8) is 0 Å². The molecule has 0 spiro atoms. The summed E-state index contributed by atoms with van der Waals surface area (Å²) in [6.45, 7) is 2.91. The van der Waals surface area contributed by atoms with E-state index < -0.39 is 5.97 Å². The van der Waals surface area contributed by atoms with Crippen LogP contribution in [-0.2, 0) is 4.79 Å². The van der Waals surface area contributed by atoms with Crippen LogP contribution in [0.25, 0.3) is 0 Å². The maximum Gasteiger partial charge on any atom is 0.300 e. The summed E-state index contributed by atoms with van der Waals surface area (Å²) in [6.07, 6.45) is 0. The van der Waals surface area contributed by atoms with Gasteiger partial charge in [0.1, 0.15) is 11.5 Å². The molecule has 1 heterocycles. The number of rotatable bonds is 1. The fraction of sp³-hybridized carbons (Fsp3) is 0.250. The van der Waals surface area contributed by atoms with E-state index in [9.17, 15) is 0 Å². The molecule has 0 saturated heterocycles. The minimum Gasteiger partial charge on any atom is -0.481 e. The summed E-state index contributed by atoms with van der Waals surface area (Å²) in [5.41, 5.74) is 6.39. The lowest BCUT2D eigenvalue weighted by atomic mass is 10.3. The van der Waals surface area contributed by atoms with Crippen LogP contribution < -0.4 is 5.73 Å². The van der Waals surface area contributed by atoms with Gasteiger partial charge in [-0.3, -0.25) is 10.2 Å². The quantitative estimate of drug-likeness (QED) is 0.437. The van der Waals surface area contributed by atoms with Gasteiger partial charge in [0.15, 0.2) is 0 Å². The first-order valence-electron chi connectivity index (χ1n) is 3.77. The maximum absolute atomic E-state index is 9.00. The first kappa shape index (κ1) is 12.0. The second-order valence-corrected chi connectivity index (χ2v) is 2.49. The fourth-order valence-corrected chi connectivity index (χ4v) is 0.543. The number of aryl methyl sites for hydroxylation is 1. The van der Waals surface area contributed by atoms with Crippen LogP contribution in [0, 0.1) is 12.3 Å². The van der Waals surface area contributed by atoms with Gasteiger partial charge in [-0.25, -0.2) is 0 Å². The summed E-state index contributed by atoms with van der Waals surface area (Å²) in [7, 11) is 0. The van der Waals surface area contributed by atoms with Gasteiger partial charge < -0.3 is 10.8 Å². The largest absolute Gasteiger partial charge is 0.481 e. The summed E-state index contributed by atoms with van der Waals surface area (Å²) >= 11 is 0. The molecule has 0 aliphatic rings. The van der Waals surface area contributed by atoms with Gasteiger partial charge in [-0.2, -0.15) is 5.10 Å². The molecule has 0 saturated carbocycles. The molecular formula is C8H12N4O2. The lowest BCUT2D eigenvalue weighted by Crippen LogP contribution is -2.13. The van der Waals surface area contributed by atoms with E-state index in [4.69, 9.17) is 21.0 Å². The number of hydrogen-bond acceptors (Lipinski definition) is 4. The second kappa shape index (κ2) is 5.63. The molecule has 0 atom stereocenters. The van der Waals surface area contributed by atoms with Crippen LogP contribution in [0.15, 0.2) is 12.1 Å². The molecule has 1 aromatic rings. The van der Waals surface area contributed by atoms with Crippen LogP contribution in [0.5, 0.6) is 0 Å². The van der Waals surface area contributed by atoms with Gasteiger partial charge >= 0.3 is 0 Å². The van der Waals surface area contributed by atoms with Crippen molar-refractivity contribution in [1.29, 1.82) is 5.41 Å². The molecule has 76 valence electrons. The number of carboxylic acid groups (broad SMARTS) is 1. The number of nitrogens with one attached hydrogen (secondary N) is 1. The van der Waals surface area contributed by atoms with E-state index in [1.165, 1.54) is 0 Å². The van der Waals surface area contributed by atoms with Gasteiger partial charge in [0, 0.05) is 6.92 Å². The smallest absolute Gasteiger partial charge is 0.300 e. The molecule has 0 fully saturated rings. The molecule has 0 bridgehead atoms. The predicted octanol–water partition coefficient (Wildman–Crippen LogP) is 0.160. The van der Waals surface area contributed by atoms with Crippen molar-refractivity contribution in [3.05, 3.63) is 23.5 Å². The van der Waals surface area contributed by atoms with E-state index in [0.717, 1.165) is 12.6 Å². The molecule has 14 heavy (non-hydrogen) atoms. The number of hydrogen-bond donors (Lipinski definition) is 3. The molecule has 0 radical (unpaired) electrons. The Morgan fingerprint density at radius 3 is 2.29 bits per heavy atom. The molecular weight excluding hydrogens is 184 g/mol. The molecule has 0 aromatic carbocycles. The number of carbonyl (C=O) groups is 1. The van der Waals surface area contributed by atoms with Crippen LogP contribution in [0.1, 0.15) is 18.3 Å². The van der Waals surface area contributed by atoms with E-state index in [2.05, 4.69) is 10.2 Å². The van der Waals surface area contributed by atoms with Crippen molar-refractivity contribution in [3.8, 4) is 0 Å². The average Bonchev–Trinajstić information content (AvgIpc) is 2.03. The van der Waals surface area contributed by atoms with E-state index in [1.807, 2.05) is 6.92 Å². The van der Waals surface area contributed by atoms with Crippen molar-refractivity contribution in [2.45, 2.75) is 13.8 Å². The highest BCUT2D eigenvalue weighted by molar-refractivity contribution is 5.92. The topological polar surface area (TPSA) is 113 Å². The number of aromatic nitrogens is 2. The molecule has 4 N–H and O–H groups in total. The minimum absolute atomic E-state index is 0.0486.